The number of aryl methyl sites for hydroxylation is 2. The number of nitrogens with zero attached hydrogens (tertiary/aromatic N) is 4. The zero-order chi connectivity index (χ0) is 20.3. The number of aromatic nitrogens is 2. The molecule has 1 saturated heterocycles. The predicted molar refractivity (Wildman–Crippen MR) is 100 cm³/mol. The van der Waals surface area contributed by atoms with E-state index in [-0.39, 0.29) is 49.9 Å². The average Bonchev–Trinajstić information content (AvgIpc) is 3.15. The molecule has 0 aliphatic carbocycles. The van der Waals surface area contributed by atoms with Crippen LogP contribution in [0.4, 0.5) is 0 Å². The van der Waals surface area contributed by atoms with Crippen LogP contribution < -0.4 is 0 Å². The summed E-state index contributed by atoms with van der Waals surface area (Å²) in [6.45, 7) is 2.91. The van der Waals surface area contributed by atoms with Crippen LogP contribution in [0.15, 0.2) is 41.4 Å². The van der Waals surface area contributed by atoms with Gasteiger partial charge >= 0.3 is 5.97 Å². The molecule has 0 saturated carbocycles. The number of carbonyl (C=O) groups excluding carboxylic acids is 1. The van der Waals surface area contributed by atoms with Crippen molar-refractivity contribution in [2.75, 3.05) is 26.2 Å². The van der Waals surface area contributed by atoms with Crippen molar-refractivity contribution in [1.82, 2.24) is 19.0 Å². The first-order valence-corrected chi connectivity index (χ1v) is 10.3. The lowest BCUT2D eigenvalue weighted by Gasteiger charge is -2.34. The zero-order valence-corrected chi connectivity index (χ0v) is 16.3. The molecule has 150 valence electrons. The standard InChI is InChI=1S/C18H22N4O5S/c1-14-2-4-15(5-3-14)28(26,27)21-12-10-20(11-13-21)18(25)16-6-8-19-22(16)9-7-17(23)24/h2-6,8H,7,9-13H2,1H3,(H,23,24). The van der Waals surface area contributed by atoms with Gasteiger partial charge in [0.25, 0.3) is 5.91 Å². The van der Waals surface area contributed by atoms with E-state index in [0.29, 0.717) is 5.69 Å². The molecule has 1 aliphatic rings. The highest BCUT2D eigenvalue weighted by atomic mass is 32.2. The third kappa shape index (κ3) is 4.23. The Morgan fingerprint density at radius 2 is 1.71 bits per heavy atom. The van der Waals surface area contributed by atoms with Crippen molar-refractivity contribution < 1.29 is 23.1 Å². The van der Waals surface area contributed by atoms with Gasteiger partial charge in [0, 0.05) is 32.4 Å². The first-order chi connectivity index (χ1) is 13.3. The summed E-state index contributed by atoms with van der Waals surface area (Å²) in [4.78, 5) is 25.3. The number of amides is 1. The van der Waals surface area contributed by atoms with Gasteiger partial charge in [-0.05, 0) is 25.1 Å². The SMILES string of the molecule is Cc1ccc(S(=O)(=O)N2CCN(C(=O)c3ccnn3CCC(=O)O)CC2)cc1. The van der Waals surface area contributed by atoms with Crippen LogP contribution in [0.2, 0.25) is 0 Å². The molecule has 9 nitrogen and oxygen atoms in total. The molecule has 3 rings (SSSR count). The van der Waals surface area contributed by atoms with E-state index < -0.39 is 16.0 Å². The highest BCUT2D eigenvalue weighted by Crippen LogP contribution is 2.19. The maximum absolute atomic E-state index is 12.8. The van der Waals surface area contributed by atoms with Crippen molar-refractivity contribution in [2.24, 2.45) is 0 Å². The Bertz CT molecular complexity index is 960. The van der Waals surface area contributed by atoms with Gasteiger partial charge in [0.15, 0.2) is 0 Å². The van der Waals surface area contributed by atoms with Gasteiger partial charge in [-0.1, -0.05) is 17.7 Å². The average molecular weight is 406 g/mol. The minimum Gasteiger partial charge on any atom is -0.481 e. The van der Waals surface area contributed by atoms with Crippen LogP contribution >= 0.6 is 0 Å². The van der Waals surface area contributed by atoms with E-state index in [1.165, 1.54) is 15.2 Å². The number of carbonyl (C=O) groups is 2. The van der Waals surface area contributed by atoms with Crippen molar-refractivity contribution in [2.45, 2.75) is 24.8 Å². The molecule has 1 aromatic carbocycles. The molecule has 0 spiro atoms. The van der Waals surface area contributed by atoms with Crippen molar-refractivity contribution in [1.29, 1.82) is 0 Å². The molecule has 2 aromatic rings. The van der Waals surface area contributed by atoms with E-state index in [9.17, 15) is 18.0 Å². The summed E-state index contributed by atoms with van der Waals surface area (Å²) in [6.07, 6.45) is 1.32. The van der Waals surface area contributed by atoms with Crippen molar-refractivity contribution in [3.63, 3.8) is 0 Å². The first kappa shape index (κ1) is 20.0. The Kier molecular flexibility index (Phi) is 5.80. The summed E-state index contributed by atoms with van der Waals surface area (Å²) in [5.41, 5.74) is 1.28. The van der Waals surface area contributed by atoms with Crippen LogP contribution in [-0.2, 0) is 21.4 Å². The number of rotatable bonds is 6. The smallest absolute Gasteiger partial charge is 0.305 e. The molecule has 0 bridgehead atoms. The van der Waals surface area contributed by atoms with Crippen LogP contribution in [0.1, 0.15) is 22.5 Å². The van der Waals surface area contributed by atoms with E-state index in [1.807, 2.05) is 6.92 Å². The van der Waals surface area contributed by atoms with Crippen LogP contribution in [0.3, 0.4) is 0 Å². The summed E-state index contributed by atoms with van der Waals surface area (Å²) < 4.78 is 28.3. The van der Waals surface area contributed by atoms with Crippen LogP contribution in [0, 0.1) is 6.92 Å². The number of carboxylic acids is 1. The molecular weight excluding hydrogens is 384 g/mol. The second-order valence-corrected chi connectivity index (χ2v) is 8.53. The van der Waals surface area contributed by atoms with Gasteiger partial charge in [-0.15, -0.1) is 0 Å². The number of hydrogen-bond acceptors (Lipinski definition) is 5. The number of hydrogen-bond donors (Lipinski definition) is 1. The maximum Gasteiger partial charge on any atom is 0.305 e. The lowest BCUT2D eigenvalue weighted by Crippen LogP contribution is -2.50. The third-order valence-electron chi connectivity index (χ3n) is 4.66. The van der Waals surface area contributed by atoms with Crippen LogP contribution in [0.25, 0.3) is 0 Å². The fraction of sp³-hybridized carbons (Fsp3) is 0.389. The normalized spacial score (nSPS) is 15.5. The molecule has 1 aliphatic heterocycles. The molecule has 10 heteroatoms. The molecule has 28 heavy (non-hydrogen) atoms. The fourth-order valence-electron chi connectivity index (χ4n) is 3.05. The molecule has 1 N–H and O–H groups in total. The molecular formula is C18H22N4O5S. The first-order valence-electron chi connectivity index (χ1n) is 8.89. The van der Waals surface area contributed by atoms with Crippen molar-refractivity contribution in [3.05, 3.63) is 47.8 Å². The number of sulfonamides is 1. The number of benzene rings is 1. The Labute approximate surface area is 163 Å². The molecule has 1 aromatic heterocycles. The highest BCUT2D eigenvalue weighted by Gasteiger charge is 2.31. The molecule has 2 heterocycles. The minimum absolute atomic E-state index is 0.102. The summed E-state index contributed by atoms with van der Waals surface area (Å²) in [6, 6.07) is 8.22. The summed E-state index contributed by atoms with van der Waals surface area (Å²) in [7, 11) is -3.60. The van der Waals surface area contributed by atoms with Gasteiger partial charge in [-0.3, -0.25) is 14.3 Å². The van der Waals surface area contributed by atoms with E-state index in [4.69, 9.17) is 5.11 Å². The lowest BCUT2D eigenvalue weighted by molar-refractivity contribution is -0.137. The fourth-order valence-corrected chi connectivity index (χ4v) is 4.47. The van der Waals surface area contributed by atoms with Gasteiger partial charge in [-0.25, -0.2) is 8.42 Å². The van der Waals surface area contributed by atoms with E-state index in [1.54, 1.807) is 35.2 Å². The number of aliphatic carboxylic acids is 1. The van der Waals surface area contributed by atoms with Crippen LogP contribution in [0.5, 0.6) is 0 Å². The van der Waals surface area contributed by atoms with Gasteiger partial charge in [-0.2, -0.15) is 9.40 Å². The zero-order valence-electron chi connectivity index (χ0n) is 15.5. The van der Waals surface area contributed by atoms with E-state index in [0.717, 1.165) is 5.56 Å². The number of piperazine rings is 1. The molecule has 0 radical (unpaired) electrons. The Morgan fingerprint density at radius 3 is 2.32 bits per heavy atom. The summed E-state index contributed by atoms with van der Waals surface area (Å²) >= 11 is 0. The van der Waals surface area contributed by atoms with Crippen molar-refractivity contribution in [3.8, 4) is 0 Å². The van der Waals surface area contributed by atoms with Crippen LogP contribution in [-0.4, -0.2) is 70.6 Å². The summed E-state index contributed by atoms with van der Waals surface area (Å²) in [5.74, 6) is -1.25. The minimum atomic E-state index is -3.60. The van der Waals surface area contributed by atoms with Gasteiger partial charge in [0.1, 0.15) is 5.69 Å². The number of carboxylic acid groups (broad SMARTS) is 1. The van der Waals surface area contributed by atoms with Gasteiger partial charge in [0.2, 0.25) is 10.0 Å². The second kappa shape index (κ2) is 8.11. The van der Waals surface area contributed by atoms with Gasteiger partial charge < -0.3 is 10.0 Å². The van der Waals surface area contributed by atoms with Crippen molar-refractivity contribution >= 4 is 21.9 Å². The Balaban J connectivity index is 1.65. The monoisotopic (exact) mass is 406 g/mol. The highest BCUT2D eigenvalue weighted by molar-refractivity contribution is 7.89. The lowest BCUT2D eigenvalue weighted by atomic mass is 10.2. The molecule has 1 amide bonds. The Morgan fingerprint density at radius 1 is 1.07 bits per heavy atom. The summed E-state index contributed by atoms with van der Waals surface area (Å²) in [5, 5.41) is 12.8. The van der Waals surface area contributed by atoms with E-state index >= 15 is 0 Å². The Hall–Kier alpha value is -2.72. The largest absolute Gasteiger partial charge is 0.481 e. The third-order valence-corrected chi connectivity index (χ3v) is 6.57. The van der Waals surface area contributed by atoms with E-state index in [2.05, 4.69) is 5.10 Å². The maximum atomic E-state index is 12.8. The topological polar surface area (TPSA) is 113 Å². The molecule has 0 unspecified atom stereocenters. The molecule has 1 fully saturated rings. The predicted octanol–water partition coefficient (Wildman–Crippen LogP) is 0.813. The quantitative estimate of drug-likeness (QED) is 0.760. The second-order valence-electron chi connectivity index (χ2n) is 6.59. The van der Waals surface area contributed by atoms with Gasteiger partial charge in [0.05, 0.1) is 17.9 Å². The molecule has 0 atom stereocenters.